The highest BCUT2D eigenvalue weighted by atomic mass is 16.6. The van der Waals surface area contributed by atoms with Crippen LogP contribution in [-0.4, -0.2) is 78.1 Å². The van der Waals surface area contributed by atoms with Gasteiger partial charge in [-0.15, -0.1) is 0 Å². The summed E-state index contributed by atoms with van der Waals surface area (Å²) in [4.78, 5) is 51.9. The van der Waals surface area contributed by atoms with Crippen molar-refractivity contribution >= 4 is 24.0 Å². The summed E-state index contributed by atoms with van der Waals surface area (Å²) in [5.41, 5.74) is 6.71. The van der Waals surface area contributed by atoms with E-state index in [-0.39, 0.29) is 44.6 Å². The Balaban J connectivity index is 1.91. The smallest absolute Gasteiger partial charge is 0.407 e. The van der Waals surface area contributed by atoms with Crippen molar-refractivity contribution in [1.29, 1.82) is 0 Å². The quantitative estimate of drug-likeness (QED) is 0.118. The summed E-state index contributed by atoms with van der Waals surface area (Å²) < 4.78 is 10.0. The summed E-state index contributed by atoms with van der Waals surface area (Å²) in [6.45, 7) is 11.0. The molecule has 0 spiro atoms. The van der Waals surface area contributed by atoms with E-state index in [0.29, 0.717) is 0 Å². The molecule has 51 heavy (non-hydrogen) atoms. The van der Waals surface area contributed by atoms with Crippen LogP contribution in [0.25, 0.3) is 11.1 Å². The lowest BCUT2D eigenvalue weighted by atomic mass is 9.98. The van der Waals surface area contributed by atoms with Crippen molar-refractivity contribution in [3.63, 3.8) is 0 Å². The second-order valence-electron chi connectivity index (χ2n) is 13.0. The van der Waals surface area contributed by atoms with Crippen LogP contribution in [0.15, 0.2) is 84.9 Å². The molecule has 0 heterocycles. The monoisotopic (exact) mass is 703 g/mol. The molecule has 4 amide bonds. The molecule has 12 nitrogen and oxygen atoms in total. The summed E-state index contributed by atoms with van der Waals surface area (Å²) >= 11 is 0. The molecule has 3 rings (SSSR count). The number of nitrogens with one attached hydrogen (secondary N) is 4. The number of hydrazine groups is 1. The van der Waals surface area contributed by atoms with E-state index in [4.69, 9.17) is 9.47 Å². The first kappa shape index (κ1) is 40.5. The predicted octanol–water partition coefficient (Wildman–Crippen LogP) is 4.82. The third-order valence-electron chi connectivity index (χ3n) is 8.20. The molecule has 0 aromatic heterocycles. The highest BCUT2D eigenvalue weighted by Crippen LogP contribution is 2.20. The number of alkyl carbamates (subject to hydrolysis) is 2. The predicted molar refractivity (Wildman–Crippen MR) is 196 cm³/mol. The first-order valence-corrected chi connectivity index (χ1v) is 17.5. The summed E-state index contributed by atoms with van der Waals surface area (Å²) in [7, 11) is 0. The van der Waals surface area contributed by atoms with Crippen LogP contribution in [0.5, 0.6) is 0 Å². The van der Waals surface area contributed by atoms with E-state index in [9.17, 15) is 24.3 Å². The maximum Gasteiger partial charge on any atom is 0.407 e. The van der Waals surface area contributed by atoms with E-state index in [2.05, 4.69) is 21.4 Å². The second kappa shape index (κ2) is 20.7. The zero-order chi connectivity index (χ0) is 37.3. The van der Waals surface area contributed by atoms with Crippen LogP contribution in [-0.2, 0) is 32.0 Å². The van der Waals surface area contributed by atoms with Gasteiger partial charge in [-0.25, -0.2) is 14.6 Å². The molecular formula is C39H53N5O7. The van der Waals surface area contributed by atoms with Gasteiger partial charge >= 0.3 is 12.2 Å². The van der Waals surface area contributed by atoms with Crippen LogP contribution >= 0.6 is 0 Å². The van der Waals surface area contributed by atoms with Crippen LogP contribution in [0.4, 0.5) is 9.59 Å². The van der Waals surface area contributed by atoms with E-state index in [0.717, 1.165) is 22.3 Å². The molecule has 12 heteroatoms. The van der Waals surface area contributed by atoms with Crippen molar-refractivity contribution in [2.24, 2.45) is 11.8 Å². The minimum absolute atomic E-state index is 0.0914. The van der Waals surface area contributed by atoms with Crippen LogP contribution in [0.2, 0.25) is 0 Å². The van der Waals surface area contributed by atoms with Crippen molar-refractivity contribution in [2.45, 2.75) is 78.7 Å². The van der Waals surface area contributed by atoms with Gasteiger partial charge in [0.1, 0.15) is 12.1 Å². The molecule has 0 aliphatic rings. The topological polar surface area (TPSA) is 158 Å². The molecule has 0 fully saturated rings. The van der Waals surface area contributed by atoms with Gasteiger partial charge in [0.2, 0.25) is 5.91 Å². The summed E-state index contributed by atoms with van der Waals surface area (Å²) in [5, 5.41) is 21.6. The maximum absolute atomic E-state index is 13.7. The summed E-state index contributed by atoms with van der Waals surface area (Å²) in [5.74, 6) is -1.54. The maximum atomic E-state index is 13.7. The average Bonchev–Trinajstić information content (AvgIpc) is 3.10. The number of amides is 4. The Morgan fingerprint density at radius 3 is 1.65 bits per heavy atom. The molecule has 0 saturated heterocycles. The highest BCUT2D eigenvalue weighted by Gasteiger charge is 2.32. The zero-order valence-corrected chi connectivity index (χ0v) is 30.4. The molecule has 4 atom stereocenters. The Hall–Kier alpha value is -4.94. The van der Waals surface area contributed by atoms with Gasteiger partial charge in [-0.2, -0.15) is 0 Å². The number of hydrogen-bond acceptors (Lipinski definition) is 8. The molecule has 2 unspecified atom stereocenters. The first-order chi connectivity index (χ1) is 24.4. The second-order valence-corrected chi connectivity index (χ2v) is 13.0. The molecular weight excluding hydrogens is 650 g/mol. The molecule has 276 valence electrons. The van der Waals surface area contributed by atoms with Crippen molar-refractivity contribution in [3.8, 4) is 11.1 Å². The molecule has 3 aromatic rings. The van der Waals surface area contributed by atoms with Crippen LogP contribution in [0.3, 0.4) is 0 Å². The molecule has 0 aliphatic heterocycles. The Morgan fingerprint density at radius 2 is 1.14 bits per heavy atom. The normalized spacial score (nSPS) is 13.5. The number of nitrogens with zero attached hydrogens (tertiary/aromatic N) is 1. The van der Waals surface area contributed by atoms with Crippen LogP contribution < -0.4 is 21.4 Å². The number of carbonyl (C=O) groups is 4. The molecule has 0 aliphatic carbocycles. The lowest BCUT2D eigenvalue weighted by Gasteiger charge is -2.33. The van der Waals surface area contributed by atoms with Gasteiger partial charge in [0, 0.05) is 13.1 Å². The molecule has 0 radical (unpaired) electrons. The molecule has 3 aromatic carbocycles. The lowest BCUT2D eigenvalue weighted by molar-refractivity contribution is -0.131. The molecule has 5 N–H and O–H groups in total. The Kier molecular flexibility index (Phi) is 16.4. The van der Waals surface area contributed by atoms with Gasteiger partial charge in [0.25, 0.3) is 5.91 Å². The standard InChI is InChI=1S/C39H53N5O7/c1-7-50-38(48)41-34(26(3)4)36(46)40-32(23-28-15-11-9-12-16-28)33(45)25-44(43-37(47)35(27(5)6)42-39(49)51-8-2)24-29-19-21-31(22-20-29)30-17-13-10-14-18-30/h9-22,26-27,32-35,45H,7-8,23-25H2,1-6H3,(H,40,46)(H,41,48)(H,42,49)(H,43,47)/t32?,33?,34-,35-/m0/s1. The number of benzene rings is 3. The van der Waals surface area contributed by atoms with Gasteiger partial charge in [0.15, 0.2) is 0 Å². The fraction of sp³-hybridized carbons (Fsp3) is 0.436. The van der Waals surface area contributed by atoms with Gasteiger partial charge in [-0.1, -0.05) is 113 Å². The third-order valence-corrected chi connectivity index (χ3v) is 8.20. The molecule has 0 saturated carbocycles. The zero-order valence-electron chi connectivity index (χ0n) is 30.4. The third kappa shape index (κ3) is 13.4. The van der Waals surface area contributed by atoms with Gasteiger partial charge in [-0.3, -0.25) is 15.0 Å². The summed E-state index contributed by atoms with van der Waals surface area (Å²) in [6.07, 6.45) is -2.35. The van der Waals surface area contributed by atoms with E-state index in [1.165, 1.54) is 0 Å². The lowest BCUT2D eigenvalue weighted by Crippen LogP contribution is -2.59. The van der Waals surface area contributed by atoms with Crippen molar-refractivity contribution < 1.29 is 33.8 Å². The number of hydrogen-bond donors (Lipinski definition) is 5. The van der Waals surface area contributed by atoms with Gasteiger partial charge in [0.05, 0.1) is 25.4 Å². The van der Waals surface area contributed by atoms with E-state index >= 15 is 0 Å². The van der Waals surface area contributed by atoms with Crippen molar-refractivity contribution in [3.05, 3.63) is 96.1 Å². The minimum atomic E-state index is -1.19. The number of aliphatic hydroxyl groups excluding tert-OH is 1. The number of carbonyl (C=O) groups excluding carboxylic acids is 4. The van der Waals surface area contributed by atoms with Crippen molar-refractivity contribution in [1.82, 2.24) is 26.4 Å². The molecule has 0 bridgehead atoms. The Labute approximate surface area is 301 Å². The minimum Gasteiger partial charge on any atom is -0.450 e. The Morgan fingerprint density at radius 1 is 0.647 bits per heavy atom. The summed E-state index contributed by atoms with van der Waals surface area (Å²) in [6, 6.07) is 24.5. The largest absolute Gasteiger partial charge is 0.450 e. The van der Waals surface area contributed by atoms with E-state index in [1.54, 1.807) is 46.6 Å². The van der Waals surface area contributed by atoms with Gasteiger partial charge < -0.3 is 30.5 Å². The number of aliphatic hydroxyl groups is 1. The fourth-order valence-electron chi connectivity index (χ4n) is 5.47. The number of rotatable bonds is 18. The SMILES string of the molecule is CCOC(=O)N[C@H](C(=O)NC(Cc1ccccc1)C(O)CN(Cc1ccc(-c2ccccc2)cc1)NC(=O)[C@@H](NC(=O)OCC)C(C)C)C(C)C. The average molecular weight is 704 g/mol. The van der Waals surface area contributed by atoms with Crippen molar-refractivity contribution in [2.75, 3.05) is 19.8 Å². The van der Waals surface area contributed by atoms with E-state index in [1.807, 2.05) is 84.9 Å². The highest BCUT2D eigenvalue weighted by molar-refractivity contribution is 5.86. The Bertz CT molecular complexity index is 1520. The number of ether oxygens (including phenoxy) is 2. The van der Waals surface area contributed by atoms with E-state index < -0.39 is 48.2 Å². The van der Waals surface area contributed by atoms with Crippen LogP contribution in [0, 0.1) is 11.8 Å². The van der Waals surface area contributed by atoms with Gasteiger partial charge in [-0.05, 0) is 54.4 Å². The first-order valence-electron chi connectivity index (χ1n) is 17.5. The van der Waals surface area contributed by atoms with Crippen LogP contribution in [0.1, 0.15) is 52.7 Å². The fourth-order valence-corrected chi connectivity index (χ4v) is 5.47.